The van der Waals surface area contributed by atoms with Crippen molar-refractivity contribution in [2.45, 2.75) is 51.0 Å². The molecule has 6 heteroatoms. The van der Waals surface area contributed by atoms with Gasteiger partial charge in [0, 0.05) is 32.2 Å². The Morgan fingerprint density at radius 2 is 1.45 bits per heavy atom. The van der Waals surface area contributed by atoms with Crippen LogP contribution < -0.4 is 5.32 Å². The van der Waals surface area contributed by atoms with Crippen LogP contribution in [-0.4, -0.2) is 55.8 Å². The second-order valence-electron chi connectivity index (χ2n) is 6.49. The lowest BCUT2D eigenvalue weighted by molar-refractivity contribution is 0.255. The summed E-state index contributed by atoms with van der Waals surface area (Å²) < 4.78 is 28.5. The number of hydrogen-bond acceptors (Lipinski definition) is 3. The van der Waals surface area contributed by atoms with Gasteiger partial charge in [0.25, 0.3) is 10.2 Å². The van der Waals surface area contributed by atoms with Gasteiger partial charge in [0.05, 0.1) is 0 Å². The maximum Gasteiger partial charge on any atom is 0.281 e. The minimum atomic E-state index is -3.19. The molecule has 116 valence electrons. The fraction of sp³-hybridized carbons (Fsp3) is 1.00. The second-order valence-corrected chi connectivity index (χ2v) is 8.42. The third kappa shape index (κ3) is 3.53. The SMILES string of the molecule is O=S(=O)(N1CCCCC1)N1CCC(NCC2CC2)CC1. The van der Waals surface area contributed by atoms with Gasteiger partial charge in [-0.25, -0.2) is 0 Å². The molecule has 0 unspecified atom stereocenters. The van der Waals surface area contributed by atoms with Crippen LogP contribution in [0.1, 0.15) is 44.9 Å². The fourth-order valence-corrected chi connectivity index (χ4v) is 4.92. The Morgan fingerprint density at radius 1 is 0.850 bits per heavy atom. The maximum atomic E-state index is 12.6. The first-order chi connectivity index (χ1) is 9.66. The first kappa shape index (κ1) is 14.8. The zero-order valence-electron chi connectivity index (χ0n) is 12.3. The largest absolute Gasteiger partial charge is 0.314 e. The van der Waals surface area contributed by atoms with Crippen molar-refractivity contribution < 1.29 is 8.42 Å². The average molecular weight is 301 g/mol. The molecule has 0 atom stereocenters. The number of nitrogens with one attached hydrogen (secondary N) is 1. The third-order valence-electron chi connectivity index (χ3n) is 4.81. The molecule has 5 nitrogen and oxygen atoms in total. The Morgan fingerprint density at radius 3 is 2.05 bits per heavy atom. The minimum absolute atomic E-state index is 0.517. The summed E-state index contributed by atoms with van der Waals surface area (Å²) in [7, 11) is -3.19. The van der Waals surface area contributed by atoms with E-state index in [-0.39, 0.29) is 0 Å². The van der Waals surface area contributed by atoms with E-state index in [0.29, 0.717) is 32.2 Å². The van der Waals surface area contributed by atoms with Crippen molar-refractivity contribution in [2.75, 3.05) is 32.7 Å². The van der Waals surface area contributed by atoms with E-state index in [4.69, 9.17) is 0 Å². The quantitative estimate of drug-likeness (QED) is 0.829. The monoisotopic (exact) mass is 301 g/mol. The Hall–Kier alpha value is -0.170. The number of piperidine rings is 2. The Bertz CT molecular complexity index is 408. The van der Waals surface area contributed by atoms with Crippen LogP contribution in [0.4, 0.5) is 0 Å². The van der Waals surface area contributed by atoms with Crippen LogP contribution in [0.3, 0.4) is 0 Å². The van der Waals surface area contributed by atoms with Crippen LogP contribution >= 0.6 is 0 Å². The molecule has 1 saturated carbocycles. The van der Waals surface area contributed by atoms with Crippen LogP contribution in [0.2, 0.25) is 0 Å². The molecule has 0 bridgehead atoms. The lowest BCUT2D eigenvalue weighted by Crippen LogP contribution is -2.51. The molecule has 0 aromatic carbocycles. The van der Waals surface area contributed by atoms with Crippen molar-refractivity contribution in [3.8, 4) is 0 Å². The highest BCUT2D eigenvalue weighted by atomic mass is 32.2. The average Bonchev–Trinajstić information content (AvgIpc) is 3.31. The summed E-state index contributed by atoms with van der Waals surface area (Å²) in [6.45, 7) is 3.91. The normalized spacial score (nSPS) is 27.8. The van der Waals surface area contributed by atoms with Crippen LogP contribution in [-0.2, 0) is 10.2 Å². The molecule has 3 fully saturated rings. The van der Waals surface area contributed by atoms with Crippen LogP contribution in [0.15, 0.2) is 0 Å². The van der Waals surface area contributed by atoms with Gasteiger partial charge >= 0.3 is 0 Å². The minimum Gasteiger partial charge on any atom is -0.314 e. The third-order valence-corrected chi connectivity index (χ3v) is 6.85. The van der Waals surface area contributed by atoms with Crippen molar-refractivity contribution in [2.24, 2.45) is 5.92 Å². The van der Waals surface area contributed by atoms with Crippen molar-refractivity contribution in [1.29, 1.82) is 0 Å². The molecular weight excluding hydrogens is 274 g/mol. The number of nitrogens with zero attached hydrogens (tertiary/aromatic N) is 2. The zero-order chi connectivity index (χ0) is 14.0. The van der Waals surface area contributed by atoms with Gasteiger partial charge in [-0.3, -0.25) is 0 Å². The Labute approximate surface area is 122 Å². The summed E-state index contributed by atoms with van der Waals surface area (Å²) >= 11 is 0. The van der Waals surface area contributed by atoms with Gasteiger partial charge in [-0.1, -0.05) is 6.42 Å². The van der Waals surface area contributed by atoms with E-state index in [9.17, 15) is 8.42 Å². The van der Waals surface area contributed by atoms with Gasteiger partial charge in [0.2, 0.25) is 0 Å². The molecule has 1 N–H and O–H groups in total. The summed E-state index contributed by atoms with van der Waals surface area (Å²) in [5.41, 5.74) is 0. The lowest BCUT2D eigenvalue weighted by atomic mass is 10.1. The van der Waals surface area contributed by atoms with Crippen molar-refractivity contribution in [3.63, 3.8) is 0 Å². The topological polar surface area (TPSA) is 52.7 Å². The Balaban J connectivity index is 1.48. The molecular formula is C14H27N3O2S. The Kier molecular flexibility index (Phi) is 4.65. The number of rotatable bonds is 5. The van der Waals surface area contributed by atoms with Crippen LogP contribution in [0.5, 0.6) is 0 Å². The molecule has 0 aromatic rings. The molecule has 2 aliphatic heterocycles. The van der Waals surface area contributed by atoms with E-state index < -0.39 is 10.2 Å². The van der Waals surface area contributed by atoms with Gasteiger partial charge in [0.1, 0.15) is 0 Å². The summed E-state index contributed by atoms with van der Waals surface area (Å²) in [5, 5.41) is 3.60. The lowest BCUT2D eigenvalue weighted by Gasteiger charge is -2.36. The summed E-state index contributed by atoms with van der Waals surface area (Å²) in [6.07, 6.45) is 7.85. The van der Waals surface area contributed by atoms with Gasteiger partial charge in [-0.05, 0) is 51.0 Å². The second kappa shape index (κ2) is 6.30. The predicted molar refractivity (Wildman–Crippen MR) is 79.7 cm³/mol. The van der Waals surface area contributed by atoms with Gasteiger partial charge < -0.3 is 5.32 Å². The number of hydrogen-bond donors (Lipinski definition) is 1. The summed E-state index contributed by atoms with van der Waals surface area (Å²) in [5.74, 6) is 0.894. The molecule has 0 radical (unpaired) electrons. The van der Waals surface area contributed by atoms with Crippen molar-refractivity contribution in [3.05, 3.63) is 0 Å². The van der Waals surface area contributed by atoms with Crippen molar-refractivity contribution in [1.82, 2.24) is 13.9 Å². The molecule has 0 spiro atoms. The van der Waals surface area contributed by atoms with Crippen LogP contribution in [0.25, 0.3) is 0 Å². The standard InChI is InChI=1S/C14H27N3O2S/c18-20(19,16-8-2-1-3-9-16)17-10-6-14(7-11-17)15-12-13-4-5-13/h13-15H,1-12H2. The molecule has 1 aliphatic carbocycles. The predicted octanol–water partition coefficient (Wildman–Crippen LogP) is 1.18. The molecule has 0 amide bonds. The van der Waals surface area contributed by atoms with Gasteiger partial charge in [-0.2, -0.15) is 17.0 Å². The smallest absolute Gasteiger partial charge is 0.281 e. The summed E-state index contributed by atoms with van der Waals surface area (Å²) in [4.78, 5) is 0. The maximum absolute atomic E-state index is 12.6. The van der Waals surface area contributed by atoms with Crippen molar-refractivity contribution >= 4 is 10.2 Å². The van der Waals surface area contributed by atoms with E-state index in [1.807, 2.05) is 0 Å². The highest BCUT2D eigenvalue weighted by molar-refractivity contribution is 7.86. The zero-order valence-corrected chi connectivity index (χ0v) is 13.1. The first-order valence-corrected chi connectivity index (χ1v) is 9.54. The van der Waals surface area contributed by atoms with E-state index in [0.717, 1.165) is 38.1 Å². The van der Waals surface area contributed by atoms with Gasteiger partial charge in [-0.15, -0.1) is 0 Å². The highest BCUT2D eigenvalue weighted by Gasteiger charge is 2.33. The molecule has 2 heterocycles. The molecule has 3 rings (SSSR count). The summed E-state index contributed by atoms with van der Waals surface area (Å²) in [6, 6.07) is 0.517. The van der Waals surface area contributed by atoms with E-state index in [2.05, 4.69) is 5.32 Å². The molecule has 2 saturated heterocycles. The first-order valence-electron chi connectivity index (χ1n) is 8.15. The molecule has 0 aromatic heterocycles. The molecule has 3 aliphatic rings. The van der Waals surface area contributed by atoms with Crippen LogP contribution in [0, 0.1) is 5.92 Å². The van der Waals surface area contributed by atoms with Gasteiger partial charge in [0.15, 0.2) is 0 Å². The van der Waals surface area contributed by atoms with E-state index >= 15 is 0 Å². The van der Waals surface area contributed by atoms with E-state index in [1.54, 1.807) is 8.61 Å². The molecule has 20 heavy (non-hydrogen) atoms. The highest BCUT2D eigenvalue weighted by Crippen LogP contribution is 2.28. The van der Waals surface area contributed by atoms with E-state index in [1.165, 1.54) is 19.3 Å². The fourth-order valence-electron chi connectivity index (χ4n) is 3.20.